The minimum atomic E-state index is 0.0730. The molecule has 0 spiro atoms. The molecule has 21 heavy (non-hydrogen) atoms. The van der Waals surface area contributed by atoms with Crippen LogP contribution >= 0.6 is 34.9 Å². The van der Waals surface area contributed by atoms with Crippen molar-refractivity contribution in [2.45, 2.75) is 34.9 Å². The van der Waals surface area contributed by atoms with E-state index in [1.807, 2.05) is 6.92 Å². The van der Waals surface area contributed by atoms with Crippen molar-refractivity contribution in [3.05, 3.63) is 0 Å². The van der Waals surface area contributed by atoms with Gasteiger partial charge in [0.25, 0.3) is 0 Å². The third-order valence-electron chi connectivity index (χ3n) is 3.28. The zero-order chi connectivity index (χ0) is 14.9. The number of aromatic nitrogens is 2. The summed E-state index contributed by atoms with van der Waals surface area (Å²) in [6, 6.07) is 0. The van der Waals surface area contributed by atoms with Gasteiger partial charge in [-0.3, -0.25) is 4.79 Å². The fraction of sp³-hybridized carbons (Fsp3) is 0.769. The quantitative estimate of drug-likeness (QED) is 0.651. The predicted octanol–water partition coefficient (Wildman–Crippen LogP) is 0.927. The normalized spacial score (nSPS) is 15.5. The molecule has 1 fully saturated rings. The first-order valence-electron chi connectivity index (χ1n) is 7.47. The molecule has 0 aromatic carbocycles. The number of hydrogen-bond donors (Lipinski definition) is 2. The molecular weight excluding hydrogens is 324 g/mol. The summed E-state index contributed by atoms with van der Waals surface area (Å²) in [6.07, 6.45) is 3.72. The molecule has 0 saturated carbocycles. The lowest BCUT2D eigenvalue weighted by molar-refractivity contribution is -0.884. The van der Waals surface area contributed by atoms with Crippen LogP contribution in [0.5, 0.6) is 0 Å². The number of rotatable bonds is 9. The van der Waals surface area contributed by atoms with Crippen molar-refractivity contribution in [3.8, 4) is 0 Å². The van der Waals surface area contributed by atoms with Gasteiger partial charge < -0.3 is 10.2 Å². The van der Waals surface area contributed by atoms with Crippen LogP contribution in [0.2, 0.25) is 0 Å². The van der Waals surface area contributed by atoms with E-state index in [2.05, 4.69) is 15.5 Å². The summed E-state index contributed by atoms with van der Waals surface area (Å²) >= 11 is 4.85. The molecule has 0 bridgehead atoms. The maximum atomic E-state index is 11.5. The molecule has 2 rings (SSSR count). The van der Waals surface area contributed by atoms with E-state index in [1.165, 1.54) is 44.2 Å². The van der Waals surface area contributed by atoms with Gasteiger partial charge >= 0.3 is 0 Å². The van der Waals surface area contributed by atoms with Crippen molar-refractivity contribution in [1.29, 1.82) is 0 Å². The maximum Gasteiger partial charge on any atom is 0.230 e. The second-order valence-electron chi connectivity index (χ2n) is 5.03. The highest BCUT2D eigenvalue weighted by Gasteiger charge is 2.15. The molecule has 8 heteroatoms. The summed E-state index contributed by atoms with van der Waals surface area (Å²) < 4.78 is 1.91. The topological polar surface area (TPSA) is 59.3 Å². The molecule has 5 nitrogen and oxygen atoms in total. The number of carbonyl (C=O) groups excluding carboxylic acids is 1. The fourth-order valence-corrected chi connectivity index (χ4v) is 5.13. The summed E-state index contributed by atoms with van der Waals surface area (Å²) in [7, 11) is 0. The molecule has 1 amide bonds. The number of hydrogen-bond acceptors (Lipinski definition) is 6. The number of nitrogens with zero attached hydrogens (tertiary/aromatic N) is 2. The summed E-state index contributed by atoms with van der Waals surface area (Å²) in [5.41, 5.74) is 0. The Balaban J connectivity index is 1.62. The van der Waals surface area contributed by atoms with E-state index < -0.39 is 0 Å². The van der Waals surface area contributed by atoms with Gasteiger partial charge in [-0.05, 0) is 6.42 Å². The fourth-order valence-electron chi connectivity index (χ4n) is 2.16. The second kappa shape index (κ2) is 9.66. The molecule has 1 aromatic rings. The Morgan fingerprint density at radius 2 is 2.00 bits per heavy atom. The molecule has 1 aromatic heterocycles. The average molecular weight is 348 g/mol. The number of quaternary nitrogens is 1. The average Bonchev–Trinajstić information content (AvgIpc) is 3.14. The first-order valence-corrected chi connectivity index (χ1v) is 10.3. The van der Waals surface area contributed by atoms with Crippen LogP contribution in [0.15, 0.2) is 8.68 Å². The van der Waals surface area contributed by atoms with Crippen molar-refractivity contribution >= 4 is 40.8 Å². The molecule has 0 atom stereocenters. The predicted molar refractivity (Wildman–Crippen MR) is 89.5 cm³/mol. The molecule has 0 aliphatic carbocycles. The summed E-state index contributed by atoms with van der Waals surface area (Å²) in [5, 5.41) is 11.2. The van der Waals surface area contributed by atoms with Crippen molar-refractivity contribution in [2.75, 3.05) is 37.7 Å². The number of carbonyl (C=O) groups is 1. The Hall–Kier alpha value is -0.310. The van der Waals surface area contributed by atoms with Crippen LogP contribution in [0.1, 0.15) is 26.2 Å². The van der Waals surface area contributed by atoms with Gasteiger partial charge in [0.05, 0.1) is 25.4 Å². The van der Waals surface area contributed by atoms with E-state index in [0.29, 0.717) is 5.75 Å². The van der Waals surface area contributed by atoms with Gasteiger partial charge in [-0.15, -0.1) is 10.2 Å². The third kappa shape index (κ3) is 6.54. The first kappa shape index (κ1) is 17.1. The van der Waals surface area contributed by atoms with E-state index in [9.17, 15) is 4.79 Å². The number of likely N-dealkylation sites (tertiary alicyclic amines) is 1. The Morgan fingerprint density at radius 1 is 1.29 bits per heavy atom. The second-order valence-corrected chi connectivity index (χ2v) is 8.57. The maximum absolute atomic E-state index is 11.5. The molecule has 118 valence electrons. The minimum Gasteiger partial charge on any atom is -0.355 e. The Morgan fingerprint density at radius 3 is 2.71 bits per heavy atom. The van der Waals surface area contributed by atoms with Crippen LogP contribution in [0.3, 0.4) is 0 Å². The number of amides is 1. The lowest BCUT2D eigenvalue weighted by atomic mass is 10.4. The summed E-state index contributed by atoms with van der Waals surface area (Å²) in [4.78, 5) is 13.2. The Kier molecular flexibility index (Phi) is 7.84. The highest BCUT2D eigenvalue weighted by molar-refractivity contribution is 8.03. The molecule has 0 unspecified atom stereocenters. The zero-order valence-corrected chi connectivity index (χ0v) is 14.8. The van der Waals surface area contributed by atoms with Gasteiger partial charge in [0, 0.05) is 25.1 Å². The van der Waals surface area contributed by atoms with Gasteiger partial charge in [-0.25, -0.2) is 0 Å². The van der Waals surface area contributed by atoms with Gasteiger partial charge in [-0.2, -0.15) is 0 Å². The van der Waals surface area contributed by atoms with Gasteiger partial charge in [0.2, 0.25) is 5.91 Å². The molecule has 0 radical (unpaired) electrons. The molecule has 1 aliphatic heterocycles. The molecule has 1 aliphatic rings. The monoisotopic (exact) mass is 347 g/mol. The molecule has 2 heterocycles. The first-order chi connectivity index (χ1) is 10.3. The van der Waals surface area contributed by atoms with E-state index in [-0.39, 0.29) is 5.91 Å². The van der Waals surface area contributed by atoms with Crippen molar-refractivity contribution in [3.63, 3.8) is 0 Å². The molecule has 2 N–H and O–H groups in total. The SMILES string of the molecule is CCCNC(=O)CSc1nnc(SCC[NH+]2CCCC2)s1. The standard InChI is InChI=1S/C13H22N4OS3/c1-2-5-14-11(18)10-20-13-16-15-12(21-13)19-9-8-17-6-3-4-7-17/h2-10H2,1H3,(H,14,18)/p+1. The number of nitrogens with one attached hydrogen (secondary N) is 2. The van der Waals surface area contributed by atoms with E-state index >= 15 is 0 Å². The molecular formula is C13H23N4OS3+. The highest BCUT2D eigenvalue weighted by Crippen LogP contribution is 2.28. The van der Waals surface area contributed by atoms with Crippen molar-refractivity contribution in [1.82, 2.24) is 15.5 Å². The van der Waals surface area contributed by atoms with E-state index in [1.54, 1.807) is 28.0 Å². The smallest absolute Gasteiger partial charge is 0.230 e. The van der Waals surface area contributed by atoms with Crippen molar-refractivity contribution in [2.24, 2.45) is 0 Å². The van der Waals surface area contributed by atoms with Gasteiger partial charge in [0.15, 0.2) is 8.68 Å². The lowest BCUT2D eigenvalue weighted by Gasteiger charge is -2.10. The van der Waals surface area contributed by atoms with Gasteiger partial charge in [0.1, 0.15) is 0 Å². The van der Waals surface area contributed by atoms with Crippen LogP contribution in [0.4, 0.5) is 0 Å². The Labute approximate surface area is 138 Å². The third-order valence-corrected chi connectivity index (χ3v) is 6.47. The number of thioether (sulfide) groups is 2. The van der Waals surface area contributed by atoms with Crippen LogP contribution in [0, 0.1) is 0 Å². The van der Waals surface area contributed by atoms with Crippen LogP contribution < -0.4 is 10.2 Å². The van der Waals surface area contributed by atoms with Crippen LogP contribution in [0.25, 0.3) is 0 Å². The van der Waals surface area contributed by atoms with E-state index in [0.717, 1.165) is 27.4 Å². The van der Waals surface area contributed by atoms with E-state index in [4.69, 9.17) is 0 Å². The lowest BCUT2D eigenvalue weighted by Crippen LogP contribution is -3.10. The van der Waals surface area contributed by atoms with Gasteiger partial charge in [-0.1, -0.05) is 41.8 Å². The molecule has 1 saturated heterocycles. The summed E-state index contributed by atoms with van der Waals surface area (Å²) in [5.74, 6) is 1.60. The van der Waals surface area contributed by atoms with Crippen LogP contribution in [-0.2, 0) is 4.79 Å². The van der Waals surface area contributed by atoms with Crippen molar-refractivity contribution < 1.29 is 9.69 Å². The minimum absolute atomic E-state index is 0.0730. The highest BCUT2D eigenvalue weighted by atomic mass is 32.2. The largest absolute Gasteiger partial charge is 0.355 e. The Bertz CT molecular complexity index is 435. The summed E-state index contributed by atoms with van der Waals surface area (Å²) in [6.45, 7) is 6.66. The van der Waals surface area contributed by atoms with Crippen LogP contribution in [-0.4, -0.2) is 53.8 Å². The zero-order valence-electron chi connectivity index (χ0n) is 12.4.